The van der Waals surface area contributed by atoms with Gasteiger partial charge in [-0.2, -0.15) is 0 Å². The Bertz CT molecular complexity index is 401. The maximum absolute atomic E-state index is 11.2. The number of benzene rings is 1. The van der Waals surface area contributed by atoms with Gasteiger partial charge < -0.3 is 15.7 Å². The van der Waals surface area contributed by atoms with Gasteiger partial charge in [0.25, 0.3) is 0 Å². The Morgan fingerprint density at radius 1 is 1.57 bits per heavy atom. The molecule has 1 aliphatic heterocycles. The van der Waals surface area contributed by atoms with Crippen LogP contribution in [0.5, 0.6) is 5.75 Å². The summed E-state index contributed by atoms with van der Waals surface area (Å²) in [6.45, 7) is 2.14. The number of carbonyl (C=O) groups is 1. The first-order valence-electron chi connectivity index (χ1n) is 4.49. The summed E-state index contributed by atoms with van der Waals surface area (Å²) in [5.74, 6) is 0.110. The van der Waals surface area contributed by atoms with Gasteiger partial charge in [0.05, 0.1) is 11.4 Å². The van der Waals surface area contributed by atoms with Gasteiger partial charge in [-0.05, 0) is 18.6 Å². The van der Waals surface area contributed by atoms with E-state index in [1.54, 1.807) is 17.0 Å². The molecule has 0 saturated carbocycles. The second kappa shape index (κ2) is 2.90. The number of hydrogen-bond donors (Lipinski definition) is 2. The van der Waals surface area contributed by atoms with E-state index in [1.165, 1.54) is 6.92 Å². The number of nitrogens with two attached hydrogens (primary N) is 1. The smallest absolute Gasteiger partial charge is 0.223 e. The zero-order valence-corrected chi connectivity index (χ0v) is 7.95. The number of rotatable bonds is 0. The summed E-state index contributed by atoms with van der Waals surface area (Å²) < 4.78 is 0. The highest BCUT2D eigenvalue weighted by atomic mass is 16.3. The van der Waals surface area contributed by atoms with E-state index in [0.29, 0.717) is 18.7 Å². The maximum Gasteiger partial charge on any atom is 0.223 e. The molecule has 1 heterocycles. The second-order valence-corrected chi connectivity index (χ2v) is 3.42. The Labute approximate surface area is 81.9 Å². The standard InChI is InChI=1S/C10H12N2O2/c1-6(13)12-5-4-7-9(12)3-2-8(11)10(7)14/h2-3,14H,4-5,11H2,1H3. The molecule has 0 radical (unpaired) electrons. The van der Waals surface area contributed by atoms with Crippen molar-refractivity contribution in [2.45, 2.75) is 13.3 Å². The molecule has 0 fully saturated rings. The van der Waals surface area contributed by atoms with E-state index in [4.69, 9.17) is 5.73 Å². The quantitative estimate of drug-likeness (QED) is 0.473. The van der Waals surface area contributed by atoms with Gasteiger partial charge in [-0.15, -0.1) is 0 Å². The topological polar surface area (TPSA) is 66.6 Å². The van der Waals surface area contributed by atoms with Crippen LogP contribution >= 0.6 is 0 Å². The highest BCUT2D eigenvalue weighted by Crippen LogP contribution is 2.38. The molecule has 14 heavy (non-hydrogen) atoms. The average molecular weight is 192 g/mol. The number of fused-ring (bicyclic) bond motifs is 1. The fourth-order valence-corrected chi connectivity index (χ4v) is 1.81. The van der Waals surface area contributed by atoms with E-state index in [9.17, 15) is 9.90 Å². The molecule has 0 aromatic heterocycles. The lowest BCUT2D eigenvalue weighted by Gasteiger charge is -2.14. The van der Waals surface area contributed by atoms with Gasteiger partial charge in [0.2, 0.25) is 5.91 Å². The third-order valence-corrected chi connectivity index (χ3v) is 2.55. The van der Waals surface area contributed by atoms with E-state index < -0.39 is 0 Å². The normalized spacial score (nSPS) is 14.2. The summed E-state index contributed by atoms with van der Waals surface area (Å²) in [6, 6.07) is 3.40. The van der Waals surface area contributed by atoms with Gasteiger partial charge >= 0.3 is 0 Å². The summed E-state index contributed by atoms with van der Waals surface area (Å²) in [5.41, 5.74) is 7.49. The van der Waals surface area contributed by atoms with Crippen LogP contribution in [0.1, 0.15) is 12.5 Å². The number of nitrogen functional groups attached to an aromatic ring is 1. The molecule has 3 N–H and O–H groups in total. The number of anilines is 2. The van der Waals surface area contributed by atoms with Crippen LogP contribution in [0, 0.1) is 0 Å². The fraction of sp³-hybridized carbons (Fsp3) is 0.300. The molecule has 0 atom stereocenters. The lowest BCUT2D eigenvalue weighted by Crippen LogP contribution is -2.25. The molecule has 0 saturated heterocycles. The Kier molecular flexibility index (Phi) is 1.84. The molecule has 0 aliphatic carbocycles. The van der Waals surface area contributed by atoms with Crippen LogP contribution in [-0.4, -0.2) is 17.6 Å². The molecule has 74 valence electrons. The first-order valence-corrected chi connectivity index (χ1v) is 4.49. The van der Waals surface area contributed by atoms with Crippen LogP contribution in [0.25, 0.3) is 0 Å². The van der Waals surface area contributed by atoms with E-state index in [0.717, 1.165) is 11.3 Å². The van der Waals surface area contributed by atoms with Crippen molar-refractivity contribution in [1.82, 2.24) is 0 Å². The maximum atomic E-state index is 11.2. The predicted octanol–water partition coefficient (Wildman–Crippen LogP) is 0.883. The first kappa shape index (κ1) is 8.87. The van der Waals surface area contributed by atoms with Crippen LogP contribution in [0.15, 0.2) is 12.1 Å². The predicted molar refractivity (Wildman–Crippen MR) is 54.3 cm³/mol. The fourth-order valence-electron chi connectivity index (χ4n) is 1.81. The molecule has 0 unspecified atom stereocenters. The molecule has 1 aromatic rings. The van der Waals surface area contributed by atoms with Crippen molar-refractivity contribution in [3.63, 3.8) is 0 Å². The summed E-state index contributed by atoms with van der Waals surface area (Å²) in [4.78, 5) is 12.9. The zero-order valence-electron chi connectivity index (χ0n) is 7.95. The van der Waals surface area contributed by atoms with E-state index in [-0.39, 0.29) is 11.7 Å². The van der Waals surface area contributed by atoms with Crippen LogP contribution in [-0.2, 0) is 11.2 Å². The summed E-state index contributed by atoms with van der Waals surface area (Å²) >= 11 is 0. The summed E-state index contributed by atoms with van der Waals surface area (Å²) in [5, 5.41) is 9.65. The monoisotopic (exact) mass is 192 g/mol. The van der Waals surface area contributed by atoms with Crippen LogP contribution < -0.4 is 10.6 Å². The molecule has 4 heteroatoms. The van der Waals surface area contributed by atoms with Crippen molar-refractivity contribution < 1.29 is 9.90 Å². The molecule has 1 aliphatic rings. The lowest BCUT2D eigenvalue weighted by atomic mass is 10.1. The average Bonchev–Trinajstić information content (AvgIpc) is 2.55. The number of amides is 1. The molecule has 1 amide bonds. The second-order valence-electron chi connectivity index (χ2n) is 3.42. The highest BCUT2D eigenvalue weighted by molar-refractivity contribution is 5.95. The van der Waals surface area contributed by atoms with Gasteiger partial charge in [0.15, 0.2) is 0 Å². The molecular formula is C10H12N2O2. The van der Waals surface area contributed by atoms with E-state index in [1.807, 2.05) is 0 Å². The van der Waals surface area contributed by atoms with E-state index in [2.05, 4.69) is 0 Å². The Hall–Kier alpha value is -1.71. The minimum atomic E-state index is -0.00655. The molecule has 0 bridgehead atoms. The number of phenolic OH excluding ortho intramolecular Hbond substituents is 1. The molecule has 4 nitrogen and oxygen atoms in total. The largest absolute Gasteiger partial charge is 0.505 e. The van der Waals surface area contributed by atoms with Crippen LogP contribution in [0.3, 0.4) is 0 Å². The Morgan fingerprint density at radius 2 is 2.29 bits per heavy atom. The number of aromatic hydroxyl groups is 1. The SMILES string of the molecule is CC(=O)N1CCc2c1ccc(N)c2O. The van der Waals surface area contributed by atoms with Gasteiger partial charge in [0.1, 0.15) is 5.75 Å². The van der Waals surface area contributed by atoms with Gasteiger partial charge in [-0.25, -0.2) is 0 Å². The third-order valence-electron chi connectivity index (χ3n) is 2.55. The van der Waals surface area contributed by atoms with Crippen molar-refractivity contribution in [1.29, 1.82) is 0 Å². The number of carbonyl (C=O) groups excluding carboxylic acids is 1. The molecular weight excluding hydrogens is 180 g/mol. The lowest BCUT2D eigenvalue weighted by molar-refractivity contribution is -0.116. The van der Waals surface area contributed by atoms with Crippen molar-refractivity contribution >= 4 is 17.3 Å². The molecule has 2 rings (SSSR count). The summed E-state index contributed by atoms with van der Waals surface area (Å²) in [7, 11) is 0. The van der Waals surface area contributed by atoms with Gasteiger partial charge in [-0.1, -0.05) is 0 Å². The van der Waals surface area contributed by atoms with Crippen molar-refractivity contribution in [3.05, 3.63) is 17.7 Å². The Balaban J connectivity index is 2.53. The van der Waals surface area contributed by atoms with Crippen molar-refractivity contribution in [3.8, 4) is 5.75 Å². The van der Waals surface area contributed by atoms with E-state index >= 15 is 0 Å². The minimum Gasteiger partial charge on any atom is -0.505 e. The Morgan fingerprint density at radius 3 is 2.93 bits per heavy atom. The van der Waals surface area contributed by atoms with Gasteiger partial charge in [-0.3, -0.25) is 4.79 Å². The number of phenols is 1. The van der Waals surface area contributed by atoms with Crippen LogP contribution in [0.4, 0.5) is 11.4 Å². The first-order chi connectivity index (χ1) is 6.61. The van der Waals surface area contributed by atoms with Crippen molar-refractivity contribution in [2.75, 3.05) is 17.2 Å². The zero-order chi connectivity index (χ0) is 10.3. The molecule has 0 spiro atoms. The van der Waals surface area contributed by atoms with Gasteiger partial charge in [0, 0.05) is 19.0 Å². The number of hydrogen-bond acceptors (Lipinski definition) is 3. The third kappa shape index (κ3) is 1.11. The summed E-state index contributed by atoms with van der Waals surface area (Å²) in [6.07, 6.45) is 0.672. The van der Waals surface area contributed by atoms with Crippen molar-refractivity contribution in [2.24, 2.45) is 0 Å². The molecule has 1 aromatic carbocycles. The number of nitrogens with zero attached hydrogens (tertiary/aromatic N) is 1. The van der Waals surface area contributed by atoms with Crippen LogP contribution in [0.2, 0.25) is 0 Å². The highest BCUT2D eigenvalue weighted by Gasteiger charge is 2.25. The minimum absolute atomic E-state index is 0.00655.